The summed E-state index contributed by atoms with van der Waals surface area (Å²) in [5.74, 6) is 2.56. The molecule has 4 nitrogen and oxygen atoms in total. The second-order valence-corrected chi connectivity index (χ2v) is 11.2. The van der Waals surface area contributed by atoms with E-state index in [1.807, 2.05) is 84.9 Å². The van der Waals surface area contributed by atoms with E-state index in [4.69, 9.17) is 11.2 Å². The number of carbonyl (C=O) groups is 3. The molecular formula is C46H54O4. The van der Waals surface area contributed by atoms with Crippen LogP contribution in [-0.2, 0) is 9.53 Å². The summed E-state index contributed by atoms with van der Waals surface area (Å²) in [6.07, 6.45) is 7.14. The van der Waals surface area contributed by atoms with Crippen LogP contribution < -0.4 is 0 Å². The molecule has 0 amide bonds. The number of benzene rings is 5. The van der Waals surface area contributed by atoms with Crippen molar-refractivity contribution in [3.63, 3.8) is 0 Å². The lowest BCUT2D eigenvalue weighted by Gasteiger charge is -1.99. The van der Waals surface area contributed by atoms with Crippen LogP contribution in [0.15, 0.2) is 146 Å². The van der Waals surface area contributed by atoms with Gasteiger partial charge in [-0.15, -0.1) is 12.3 Å². The van der Waals surface area contributed by atoms with Crippen molar-refractivity contribution < 1.29 is 19.1 Å². The monoisotopic (exact) mass is 670 g/mol. The zero-order valence-electron chi connectivity index (χ0n) is 30.9. The third kappa shape index (κ3) is 26.5. The van der Waals surface area contributed by atoms with Crippen molar-refractivity contribution in [1.82, 2.24) is 0 Å². The van der Waals surface area contributed by atoms with Crippen molar-refractivity contribution >= 4 is 17.5 Å². The van der Waals surface area contributed by atoms with E-state index in [2.05, 4.69) is 82.1 Å². The first-order valence-electron chi connectivity index (χ1n) is 16.8. The molecular weight excluding hydrogens is 617 g/mol. The molecule has 262 valence electrons. The van der Waals surface area contributed by atoms with Crippen LogP contribution in [-0.4, -0.2) is 24.1 Å². The summed E-state index contributed by atoms with van der Waals surface area (Å²) in [4.78, 5) is 31.9. The van der Waals surface area contributed by atoms with Gasteiger partial charge in [-0.2, -0.15) is 0 Å². The van der Waals surface area contributed by atoms with Gasteiger partial charge in [0, 0.05) is 18.4 Å². The van der Waals surface area contributed by atoms with Crippen molar-refractivity contribution in [3.05, 3.63) is 179 Å². The highest BCUT2D eigenvalue weighted by molar-refractivity contribution is 5.93. The second kappa shape index (κ2) is 29.6. The number of aryl methyl sites for hydroxylation is 4. The van der Waals surface area contributed by atoms with Crippen LogP contribution in [0, 0.1) is 40.0 Å². The van der Waals surface area contributed by atoms with E-state index >= 15 is 0 Å². The van der Waals surface area contributed by atoms with E-state index in [9.17, 15) is 14.4 Å². The van der Waals surface area contributed by atoms with Gasteiger partial charge in [-0.25, -0.2) is 4.79 Å². The standard InChI is InChI=1S/C9H10O2.C8H8O.C8H10.C7H10O.2C7H8/c1-2-11-9(10)8-6-4-3-5-7-8;1-7(9)8-5-3-2-4-6-8;1-7-3-5-8(2)6-4-7;1-3-4-5-6-7(2)8;2*1-7-5-3-2-4-6-7/h3-7H,2H2,1H3;2-6H,1H3;3-6H,1-2H3;1H,4-6H2,2H3;2*2-6H,1H3. The highest BCUT2D eigenvalue weighted by Gasteiger charge is 2.02. The van der Waals surface area contributed by atoms with Gasteiger partial charge in [0.1, 0.15) is 5.78 Å². The number of ketones is 2. The van der Waals surface area contributed by atoms with Crippen molar-refractivity contribution in [2.45, 2.75) is 67.7 Å². The minimum Gasteiger partial charge on any atom is -0.462 e. The molecule has 0 aliphatic rings. The van der Waals surface area contributed by atoms with E-state index in [0.29, 0.717) is 18.6 Å². The fourth-order valence-electron chi connectivity index (χ4n) is 3.61. The molecule has 0 bridgehead atoms. The van der Waals surface area contributed by atoms with Gasteiger partial charge < -0.3 is 9.53 Å². The van der Waals surface area contributed by atoms with Crippen molar-refractivity contribution in [2.24, 2.45) is 0 Å². The first kappa shape index (κ1) is 44.5. The molecule has 0 radical (unpaired) electrons. The Balaban J connectivity index is 0.000000580. The highest BCUT2D eigenvalue weighted by atomic mass is 16.5. The summed E-state index contributed by atoms with van der Waals surface area (Å²) in [6.45, 7) is 13.7. The number of terminal acetylenes is 1. The molecule has 5 rings (SSSR count). The zero-order chi connectivity index (χ0) is 37.4. The number of esters is 1. The third-order valence-electron chi connectivity index (χ3n) is 6.41. The summed E-state index contributed by atoms with van der Waals surface area (Å²) in [6, 6.07) is 47.2. The Bertz CT molecular complexity index is 1550. The Morgan fingerprint density at radius 2 is 0.880 bits per heavy atom. The van der Waals surface area contributed by atoms with E-state index in [1.165, 1.54) is 22.3 Å². The molecule has 0 saturated heterocycles. The normalized spacial score (nSPS) is 8.84. The minimum atomic E-state index is -0.256. The maximum atomic E-state index is 11.0. The Morgan fingerprint density at radius 1 is 0.540 bits per heavy atom. The van der Waals surface area contributed by atoms with Gasteiger partial charge in [-0.1, -0.05) is 156 Å². The predicted molar refractivity (Wildman–Crippen MR) is 210 cm³/mol. The summed E-state index contributed by atoms with van der Waals surface area (Å²) in [7, 11) is 0. The third-order valence-corrected chi connectivity index (χ3v) is 6.41. The van der Waals surface area contributed by atoms with Gasteiger partial charge in [-0.05, 0) is 67.0 Å². The molecule has 4 heteroatoms. The Kier molecular flexibility index (Phi) is 26.3. The number of unbranched alkanes of at least 4 members (excludes halogenated alkanes) is 1. The Hall–Kier alpha value is -5.53. The van der Waals surface area contributed by atoms with Gasteiger partial charge in [-0.3, -0.25) is 4.79 Å². The van der Waals surface area contributed by atoms with Gasteiger partial charge in [0.05, 0.1) is 12.2 Å². The van der Waals surface area contributed by atoms with Crippen LogP contribution in [0.2, 0.25) is 0 Å². The van der Waals surface area contributed by atoms with Crippen LogP contribution in [0.3, 0.4) is 0 Å². The predicted octanol–water partition coefficient (Wildman–Crippen LogP) is 11.4. The van der Waals surface area contributed by atoms with Gasteiger partial charge in [0.25, 0.3) is 0 Å². The van der Waals surface area contributed by atoms with Gasteiger partial charge >= 0.3 is 5.97 Å². The van der Waals surface area contributed by atoms with Crippen LogP contribution in [0.5, 0.6) is 0 Å². The molecule has 0 fully saturated rings. The van der Waals surface area contributed by atoms with E-state index in [1.54, 1.807) is 32.9 Å². The average Bonchev–Trinajstić information content (AvgIpc) is 3.12. The van der Waals surface area contributed by atoms with Crippen LogP contribution in [0.4, 0.5) is 0 Å². The fourth-order valence-corrected chi connectivity index (χ4v) is 3.61. The second-order valence-electron chi connectivity index (χ2n) is 11.2. The molecule has 0 unspecified atom stereocenters. The van der Waals surface area contributed by atoms with Crippen molar-refractivity contribution in [2.75, 3.05) is 6.61 Å². The van der Waals surface area contributed by atoms with Crippen molar-refractivity contribution in [3.8, 4) is 12.3 Å². The molecule has 0 aliphatic heterocycles. The number of Topliss-reactive ketones (excluding diaryl/α,β-unsaturated/α-hetero) is 2. The molecule has 0 heterocycles. The maximum absolute atomic E-state index is 11.0. The number of carbonyl (C=O) groups excluding carboxylic acids is 3. The largest absolute Gasteiger partial charge is 0.462 e. The fraction of sp³-hybridized carbons (Fsp3) is 0.239. The van der Waals surface area contributed by atoms with Gasteiger partial charge in [0.2, 0.25) is 0 Å². The topological polar surface area (TPSA) is 60.4 Å². The van der Waals surface area contributed by atoms with Crippen LogP contribution in [0.25, 0.3) is 0 Å². The van der Waals surface area contributed by atoms with Crippen LogP contribution >= 0.6 is 0 Å². The Labute approximate surface area is 301 Å². The molecule has 0 saturated carbocycles. The van der Waals surface area contributed by atoms with Crippen molar-refractivity contribution in [1.29, 1.82) is 0 Å². The number of ether oxygens (including phenoxy) is 1. The van der Waals surface area contributed by atoms with E-state index < -0.39 is 0 Å². The number of hydrogen-bond donors (Lipinski definition) is 0. The first-order chi connectivity index (χ1) is 24.0. The number of hydrogen-bond acceptors (Lipinski definition) is 4. The molecule has 0 atom stereocenters. The molecule has 5 aromatic rings. The molecule has 0 spiro atoms. The maximum Gasteiger partial charge on any atom is 0.338 e. The average molecular weight is 671 g/mol. The summed E-state index contributed by atoms with van der Waals surface area (Å²) >= 11 is 0. The molecule has 5 aromatic carbocycles. The quantitative estimate of drug-likeness (QED) is 0.0781. The lowest BCUT2D eigenvalue weighted by molar-refractivity contribution is -0.117. The van der Waals surface area contributed by atoms with E-state index in [-0.39, 0.29) is 17.5 Å². The summed E-state index contributed by atoms with van der Waals surface area (Å²) in [5, 5.41) is 0. The zero-order valence-corrected chi connectivity index (χ0v) is 30.9. The smallest absolute Gasteiger partial charge is 0.338 e. The summed E-state index contributed by atoms with van der Waals surface area (Å²) in [5.41, 5.74) is 6.68. The first-order valence-corrected chi connectivity index (χ1v) is 16.8. The lowest BCUT2D eigenvalue weighted by atomic mass is 10.2. The van der Waals surface area contributed by atoms with Crippen LogP contribution in [0.1, 0.15) is 83.0 Å². The molecule has 0 aromatic heterocycles. The minimum absolute atomic E-state index is 0.121. The lowest BCUT2D eigenvalue weighted by Crippen LogP contribution is -2.03. The molecule has 0 aliphatic carbocycles. The number of rotatable bonds is 6. The van der Waals surface area contributed by atoms with Gasteiger partial charge in [0.15, 0.2) is 5.78 Å². The molecule has 0 N–H and O–H groups in total. The highest BCUT2D eigenvalue weighted by Crippen LogP contribution is 2.01. The van der Waals surface area contributed by atoms with E-state index in [0.717, 1.165) is 18.4 Å². The molecule has 50 heavy (non-hydrogen) atoms. The summed E-state index contributed by atoms with van der Waals surface area (Å²) < 4.78 is 4.79. The SMILES string of the molecule is C#CCCCC(C)=O.CC(=O)c1ccccc1.CCOC(=O)c1ccccc1.Cc1ccc(C)cc1.Cc1ccccc1.Cc1ccccc1. The Morgan fingerprint density at radius 3 is 1.14 bits per heavy atom.